The van der Waals surface area contributed by atoms with E-state index in [9.17, 15) is 0 Å². The molecule has 3 atom stereocenters. The Labute approximate surface area is 103 Å². The zero-order valence-electron chi connectivity index (χ0n) is 11.0. The van der Waals surface area contributed by atoms with Crippen molar-refractivity contribution in [2.45, 2.75) is 50.9 Å². The van der Waals surface area contributed by atoms with E-state index in [1.54, 1.807) is 0 Å². The second kappa shape index (κ2) is 5.65. The fourth-order valence-electron chi connectivity index (χ4n) is 2.60. The van der Waals surface area contributed by atoms with Crippen LogP contribution in [0.3, 0.4) is 0 Å². The predicted octanol–water partition coefficient (Wildman–Crippen LogP) is 1.51. The maximum absolute atomic E-state index is 5.93. The molecule has 1 saturated heterocycles. The van der Waals surface area contributed by atoms with Gasteiger partial charge in [-0.25, -0.2) is 0 Å². The third-order valence-electron chi connectivity index (χ3n) is 3.72. The first kappa shape index (κ1) is 12.6. The highest BCUT2D eigenvalue weighted by Crippen LogP contribution is 2.23. The van der Waals surface area contributed by atoms with E-state index in [1.165, 1.54) is 18.5 Å². The first-order chi connectivity index (χ1) is 8.20. The Morgan fingerprint density at radius 1 is 1.59 bits per heavy atom. The number of likely N-dealkylation sites (N-methyl/N-ethyl adjacent to an activating group) is 1. The van der Waals surface area contributed by atoms with Crippen LogP contribution in [0, 0.1) is 0 Å². The SMILES string of the molecule is CNC(CCc1ccnn1C)C1CCC(C)O1. The smallest absolute Gasteiger partial charge is 0.0732 e. The topological polar surface area (TPSA) is 39.1 Å². The van der Waals surface area contributed by atoms with E-state index in [4.69, 9.17) is 4.74 Å². The summed E-state index contributed by atoms with van der Waals surface area (Å²) in [6.07, 6.45) is 7.18. The van der Waals surface area contributed by atoms with Crippen LogP contribution in [-0.4, -0.2) is 35.1 Å². The lowest BCUT2D eigenvalue weighted by molar-refractivity contribution is 0.0318. The predicted molar refractivity (Wildman–Crippen MR) is 67.9 cm³/mol. The highest BCUT2D eigenvalue weighted by molar-refractivity contribution is 5.01. The van der Waals surface area contributed by atoms with Crippen molar-refractivity contribution in [3.8, 4) is 0 Å². The molecule has 3 unspecified atom stereocenters. The van der Waals surface area contributed by atoms with Crippen LogP contribution >= 0.6 is 0 Å². The van der Waals surface area contributed by atoms with Gasteiger partial charge in [0.15, 0.2) is 0 Å². The molecule has 4 nitrogen and oxygen atoms in total. The fraction of sp³-hybridized carbons (Fsp3) is 0.769. The first-order valence-electron chi connectivity index (χ1n) is 6.50. The fourth-order valence-corrected chi connectivity index (χ4v) is 2.60. The summed E-state index contributed by atoms with van der Waals surface area (Å²) in [4.78, 5) is 0. The monoisotopic (exact) mass is 237 g/mol. The molecule has 0 bridgehead atoms. The van der Waals surface area contributed by atoms with Crippen molar-refractivity contribution in [3.63, 3.8) is 0 Å². The summed E-state index contributed by atoms with van der Waals surface area (Å²) in [5.41, 5.74) is 1.29. The standard InChI is InChI=1S/C13H23N3O/c1-10-4-7-13(17-10)12(14-2)6-5-11-8-9-15-16(11)3/h8-10,12-14H,4-7H2,1-3H3. The number of nitrogens with one attached hydrogen (secondary N) is 1. The number of rotatable bonds is 5. The zero-order chi connectivity index (χ0) is 12.3. The molecule has 0 saturated carbocycles. The van der Waals surface area contributed by atoms with E-state index in [0.29, 0.717) is 18.2 Å². The van der Waals surface area contributed by atoms with E-state index < -0.39 is 0 Å². The van der Waals surface area contributed by atoms with Gasteiger partial charge in [-0.2, -0.15) is 5.10 Å². The Hall–Kier alpha value is -0.870. The molecule has 0 spiro atoms. The van der Waals surface area contributed by atoms with Crippen molar-refractivity contribution < 1.29 is 4.74 Å². The van der Waals surface area contributed by atoms with E-state index in [2.05, 4.69) is 23.4 Å². The molecule has 96 valence electrons. The highest BCUT2D eigenvalue weighted by atomic mass is 16.5. The van der Waals surface area contributed by atoms with Gasteiger partial charge in [-0.15, -0.1) is 0 Å². The zero-order valence-corrected chi connectivity index (χ0v) is 11.0. The lowest BCUT2D eigenvalue weighted by Gasteiger charge is -2.23. The molecule has 1 aliphatic heterocycles. The molecule has 0 aliphatic carbocycles. The number of aromatic nitrogens is 2. The van der Waals surface area contributed by atoms with Gasteiger partial charge in [-0.3, -0.25) is 4.68 Å². The Bertz CT molecular complexity index is 350. The first-order valence-corrected chi connectivity index (χ1v) is 6.50. The summed E-state index contributed by atoms with van der Waals surface area (Å²) in [7, 11) is 4.03. The van der Waals surface area contributed by atoms with Crippen molar-refractivity contribution in [1.29, 1.82) is 0 Å². The molecule has 1 fully saturated rings. The number of ether oxygens (including phenoxy) is 1. The van der Waals surface area contributed by atoms with E-state index in [1.807, 2.05) is 25.0 Å². The van der Waals surface area contributed by atoms with Crippen LogP contribution in [0.2, 0.25) is 0 Å². The summed E-state index contributed by atoms with van der Waals surface area (Å²) in [6.45, 7) is 2.16. The van der Waals surface area contributed by atoms with Crippen LogP contribution in [0.25, 0.3) is 0 Å². The van der Waals surface area contributed by atoms with Crippen molar-refractivity contribution in [2.24, 2.45) is 7.05 Å². The van der Waals surface area contributed by atoms with E-state index >= 15 is 0 Å². The van der Waals surface area contributed by atoms with Crippen molar-refractivity contribution in [3.05, 3.63) is 18.0 Å². The Kier molecular flexibility index (Phi) is 4.18. The average molecular weight is 237 g/mol. The van der Waals surface area contributed by atoms with Crippen LogP contribution in [0.5, 0.6) is 0 Å². The molecule has 1 aromatic rings. The van der Waals surface area contributed by atoms with Gasteiger partial charge in [-0.05, 0) is 45.7 Å². The van der Waals surface area contributed by atoms with Crippen LogP contribution < -0.4 is 5.32 Å². The molecular formula is C13H23N3O. The molecule has 0 radical (unpaired) electrons. The Morgan fingerprint density at radius 3 is 2.94 bits per heavy atom. The lowest BCUT2D eigenvalue weighted by Crippen LogP contribution is -2.38. The summed E-state index contributed by atoms with van der Waals surface area (Å²) >= 11 is 0. The Morgan fingerprint density at radius 2 is 2.41 bits per heavy atom. The minimum absolute atomic E-state index is 0.378. The molecule has 0 amide bonds. The Balaban J connectivity index is 1.86. The maximum Gasteiger partial charge on any atom is 0.0732 e. The van der Waals surface area contributed by atoms with Crippen LogP contribution in [0.4, 0.5) is 0 Å². The number of hydrogen-bond donors (Lipinski definition) is 1. The third kappa shape index (κ3) is 3.07. The molecule has 4 heteroatoms. The van der Waals surface area contributed by atoms with Gasteiger partial charge in [0.2, 0.25) is 0 Å². The van der Waals surface area contributed by atoms with Gasteiger partial charge in [0.1, 0.15) is 0 Å². The maximum atomic E-state index is 5.93. The molecule has 0 aromatic carbocycles. The highest BCUT2D eigenvalue weighted by Gasteiger charge is 2.28. The largest absolute Gasteiger partial charge is 0.374 e. The molecule has 1 aromatic heterocycles. The molecular weight excluding hydrogens is 214 g/mol. The minimum atomic E-state index is 0.378. The van der Waals surface area contributed by atoms with Gasteiger partial charge in [-0.1, -0.05) is 0 Å². The lowest BCUT2D eigenvalue weighted by atomic mass is 10.0. The van der Waals surface area contributed by atoms with Crippen molar-refractivity contribution >= 4 is 0 Å². The summed E-state index contributed by atoms with van der Waals surface area (Å²) in [6, 6.07) is 2.54. The van der Waals surface area contributed by atoms with Gasteiger partial charge >= 0.3 is 0 Å². The summed E-state index contributed by atoms with van der Waals surface area (Å²) < 4.78 is 7.88. The van der Waals surface area contributed by atoms with Crippen molar-refractivity contribution in [1.82, 2.24) is 15.1 Å². The molecule has 2 rings (SSSR count). The van der Waals surface area contributed by atoms with Gasteiger partial charge < -0.3 is 10.1 Å². The normalized spacial score (nSPS) is 26.3. The van der Waals surface area contributed by atoms with Gasteiger partial charge in [0.05, 0.1) is 12.2 Å². The second-order valence-corrected chi connectivity index (χ2v) is 4.94. The molecule has 1 N–H and O–H groups in total. The van der Waals surface area contributed by atoms with E-state index in [0.717, 1.165) is 12.8 Å². The third-order valence-corrected chi connectivity index (χ3v) is 3.72. The van der Waals surface area contributed by atoms with Crippen LogP contribution in [0.1, 0.15) is 31.9 Å². The number of nitrogens with zero attached hydrogens (tertiary/aromatic N) is 2. The second-order valence-electron chi connectivity index (χ2n) is 4.94. The number of hydrogen-bond acceptors (Lipinski definition) is 3. The molecule has 1 aliphatic rings. The van der Waals surface area contributed by atoms with E-state index in [-0.39, 0.29) is 0 Å². The minimum Gasteiger partial charge on any atom is -0.374 e. The van der Waals surface area contributed by atoms with Crippen LogP contribution in [-0.2, 0) is 18.2 Å². The number of aryl methyl sites for hydroxylation is 2. The average Bonchev–Trinajstić information content (AvgIpc) is 2.90. The van der Waals surface area contributed by atoms with Gasteiger partial charge in [0.25, 0.3) is 0 Å². The summed E-state index contributed by atoms with van der Waals surface area (Å²) in [5.74, 6) is 0. The molecule has 17 heavy (non-hydrogen) atoms. The van der Waals surface area contributed by atoms with Gasteiger partial charge in [0, 0.05) is 25.0 Å². The molecule has 2 heterocycles. The van der Waals surface area contributed by atoms with Crippen molar-refractivity contribution in [2.75, 3.05) is 7.05 Å². The quantitative estimate of drug-likeness (QED) is 0.843. The van der Waals surface area contributed by atoms with Crippen LogP contribution in [0.15, 0.2) is 12.3 Å². The summed E-state index contributed by atoms with van der Waals surface area (Å²) in [5, 5.41) is 7.59.